The maximum Gasteiger partial charge on any atom is 0.308 e. The Balaban J connectivity index is 1.45. The molecule has 0 bridgehead atoms. The van der Waals surface area contributed by atoms with E-state index in [-0.39, 0.29) is 23.7 Å². The van der Waals surface area contributed by atoms with E-state index < -0.39 is 5.97 Å². The summed E-state index contributed by atoms with van der Waals surface area (Å²) in [6.07, 6.45) is 6.02. The Morgan fingerprint density at radius 3 is 2.21 bits per heavy atom. The molecule has 0 radical (unpaired) electrons. The van der Waals surface area contributed by atoms with Crippen molar-refractivity contribution < 1.29 is 14.7 Å². The molecule has 4 atom stereocenters. The van der Waals surface area contributed by atoms with Crippen molar-refractivity contribution in [3.63, 3.8) is 0 Å². The van der Waals surface area contributed by atoms with Gasteiger partial charge in [0.2, 0.25) is 5.91 Å². The van der Waals surface area contributed by atoms with Crippen molar-refractivity contribution in [3.8, 4) is 0 Å². The maximum atomic E-state index is 12.5. The van der Waals surface area contributed by atoms with Gasteiger partial charge in [-0.2, -0.15) is 0 Å². The van der Waals surface area contributed by atoms with Gasteiger partial charge in [-0.25, -0.2) is 0 Å². The van der Waals surface area contributed by atoms with Crippen LogP contribution in [0.15, 0.2) is 0 Å². The van der Waals surface area contributed by atoms with Crippen LogP contribution >= 0.6 is 0 Å². The highest BCUT2D eigenvalue weighted by molar-refractivity contribution is 5.84. The van der Waals surface area contributed by atoms with Crippen molar-refractivity contribution in [2.24, 2.45) is 35.5 Å². The predicted octanol–water partition coefficient (Wildman–Crippen LogP) is 1.60. The van der Waals surface area contributed by atoms with Crippen LogP contribution < -0.4 is 0 Å². The first-order chi connectivity index (χ1) is 9.16. The lowest BCUT2D eigenvalue weighted by atomic mass is 9.92. The number of carbonyl (C=O) groups is 2. The van der Waals surface area contributed by atoms with Gasteiger partial charge in [0.1, 0.15) is 0 Å². The summed E-state index contributed by atoms with van der Waals surface area (Å²) < 4.78 is 0. The minimum Gasteiger partial charge on any atom is -0.481 e. The fraction of sp³-hybridized carbons (Fsp3) is 0.867. The Morgan fingerprint density at radius 2 is 1.63 bits per heavy atom. The first-order valence-electron chi connectivity index (χ1n) is 7.68. The third-order valence-electron chi connectivity index (χ3n) is 5.91. The number of nitrogens with zero attached hydrogens (tertiary/aromatic N) is 1. The number of aliphatic carboxylic acids is 1. The molecule has 4 aliphatic rings. The van der Waals surface area contributed by atoms with Crippen LogP contribution in [-0.4, -0.2) is 35.0 Å². The van der Waals surface area contributed by atoms with Crippen molar-refractivity contribution in [3.05, 3.63) is 0 Å². The molecule has 0 aromatic carbocycles. The summed E-state index contributed by atoms with van der Waals surface area (Å²) in [6, 6.07) is 0. The Bertz CT molecular complexity index is 421. The largest absolute Gasteiger partial charge is 0.481 e. The first-order valence-corrected chi connectivity index (χ1v) is 7.68. The minimum atomic E-state index is -0.705. The highest BCUT2D eigenvalue weighted by Crippen LogP contribution is 2.58. The number of fused-ring (bicyclic) bond motifs is 1. The Kier molecular flexibility index (Phi) is 2.45. The minimum absolute atomic E-state index is 0.222. The number of rotatable bonds is 3. The number of likely N-dealkylation sites (tertiary alicyclic amines) is 1. The Labute approximate surface area is 113 Å². The molecule has 4 fully saturated rings. The molecule has 0 spiro atoms. The summed E-state index contributed by atoms with van der Waals surface area (Å²) in [6.45, 7) is 1.17. The summed E-state index contributed by atoms with van der Waals surface area (Å²) in [4.78, 5) is 25.7. The second-order valence-corrected chi connectivity index (χ2v) is 6.97. The third kappa shape index (κ3) is 1.79. The van der Waals surface area contributed by atoms with Crippen LogP contribution in [0.1, 0.15) is 32.1 Å². The van der Waals surface area contributed by atoms with E-state index in [0.717, 1.165) is 12.8 Å². The summed E-state index contributed by atoms with van der Waals surface area (Å²) >= 11 is 0. The van der Waals surface area contributed by atoms with Crippen LogP contribution in [0.5, 0.6) is 0 Å². The molecular formula is C15H21NO3. The predicted molar refractivity (Wildman–Crippen MR) is 68.2 cm³/mol. The van der Waals surface area contributed by atoms with Gasteiger partial charge in [-0.15, -0.1) is 0 Å². The van der Waals surface area contributed by atoms with E-state index in [9.17, 15) is 14.7 Å². The monoisotopic (exact) mass is 263 g/mol. The van der Waals surface area contributed by atoms with Crippen molar-refractivity contribution >= 4 is 11.9 Å². The molecule has 3 saturated carbocycles. The average molecular weight is 263 g/mol. The van der Waals surface area contributed by atoms with Gasteiger partial charge in [-0.3, -0.25) is 9.59 Å². The molecule has 2 unspecified atom stereocenters. The van der Waals surface area contributed by atoms with Crippen LogP contribution in [-0.2, 0) is 9.59 Å². The van der Waals surface area contributed by atoms with Gasteiger partial charge in [0.05, 0.1) is 5.92 Å². The molecule has 104 valence electrons. The number of hydrogen-bond acceptors (Lipinski definition) is 2. The van der Waals surface area contributed by atoms with Gasteiger partial charge < -0.3 is 10.0 Å². The van der Waals surface area contributed by atoms with Crippen molar-refractivity contribution in [1.29, 1.82) is 0 Å². The molecule has 4 rings (SSSR count). The van der Waals surface area contributed by atoms with Crippen LogP contribution in [0.3, 0.4) is 0 Å². The SMILES string of the molecule is O=C(O)[C@H]1CN(C(=O)C2C3CCCC32)C[C@@H]1C1CC1. The Morgan fingerprint density at radius 1 is 0.947 bits per heavy atom. The fourth-order valence-corrected chi connectivity index (χ4v) is 4.67. The van der Waals surface area contributed by atoms with Crippen molar-refractivity contribution in [2.75, 3.05) is 13.1 Å². The first kappa shape index (κ1) is 11.7. The lowest BCUT2D eigenvalue weighted by Crippen LogP contribution is -2.32. The smallest absolute Gasteiger partial charge is 0.308 e. The molecule has 1 N–H and O–H groups in total. The van der Waals surface area contributed by atoms with Crippen LogP contribution in [0.25, 0.3) is 0 Å². The van der Waals surface area contributed by atoms with Gasteiger partial charge >= 0.3 is 5.97 Å². The molecule has 1 saturated heterocycles. The van der Waals surface area contributed by atoms with Gasteiger partial charge in [0.15, 0.2) is 0 Å². The molecule has 0 aromatic heterocycles. The summed E-state index contributed by atoms with van der Waals surface area (Å²) in [5, 5.41) is 9.34. The molecular weight excluding hydrogens is 242 g/mol. The van der Waals surface area contributed by atoms with E-state index in [2.05, 4.69) is 0 Å². The Hall–Kier alpha value is -1.06. The van der Waals surface area contributed by atoms with Gasteiger partial charge in [-0.05, 0) is 49.4 Å². The highest BCUT2D eigenvalue weighted by Gasteiger charge is 2.59. The van der Waals surface area contributed by atoms with Gasteiger partial charge in [0, 0.05) is 19.0 Å². The molecule has 1 heterocycles. The van der Waals surface area contributed by atoms with Gasteiger partial charge in [0.25, 0.3) is 0 Å². The summed E-state index contributed by atoms with van der Waals surface area (Å²) in [5.41, 5.74) is 0. The molecule has 0 aromatic rings. The normalized spacial score (nSPS) is 44.2. The van der Waals surface area contributed by atoms with Crippen molar-refractivity contribution in [1.82, 2.24) is 4.90 Å². The van der Waals surface area contributed by atoms with Gasteiger partial charge in [-0.1, -0.05) is 6.42 Å². The van der Waals surface area contributed by atoms with Crippen molar-refractivity contribution in [2.45, 2.75) is 32.1 Å². The lowest BCUT2D eigenvalue weighted by Gasteiger charge is -2.17. The third-order valence-corrected chi connectivity index (χ3v) is 5.91. The topological polar surface area (TPSA) is 57.6 Å². The number of hydrogen-bond donors (Lipinski definition) is 1. The fourth-order valence-electron chi connectivity index (χ4n) is 4.67. The van der Waals surface area contributed by atoms with E-state index >= 15 is 0 Å². The molecule has 4 heteroatoms. The van der Waals surface area contributed by atoms with Crippen LogP contribution in [0, 0.1) is 35.5 Å². The average Bonchev–Trinajstić information content (AvgIpc) is 3.25. The molecule has 19 heavy (non-hydrogen) atoms. The maximum absolute atomic E-state index is 12.5. The quantitative estimate of drug-likeness (QED) is 0.841. The number of carbonyl (C=O) groups excluding carboxylic acids is 1. The summed E-state index contributed by atoms with van der Waals surface area (Å²) in [5.74, 6) is 1.56. The second kappa shape index (κ2) is 3.97. The standard InChI is InChI=1S/C15H21NO3/c17-14(13-9-2-1-3-10(9)13)16-6-11(8-4-5-8)12(7-16)15(18)19/h8-13H,1-7H2,(H,18,19)/t9?,10?,11-,12+,13?/m1/s1. The van der Waals surface area contributed by atoms with Crippen LogP contribution in [0.4, 0.5) is 0 Å². The summed E-state index contributed by atoms with van der Waals surface area (Å²) in [7, 11) is 0. The molecule has 1 amide bonds. The van der Waals surface area contributed by atoms with E-state index in [0.29, 0.717) is 30.8 Å². The molecule has 1 aliphatic heterocycles. The van der Waals surface area contributed by atoms with E-state index in [4.69, 9.17) is 0 Å². The molecule has 3 aliphatic carbocycles. The zero-order valence-corrected chi connectivity index (χ0v) is 11.1. The zero-order valence-electron chi connectivity index (χ0n) is 11.1. The number of carboxylic acid groups (broad SMARTS) is 1. The van der Waals surface area contributed by atoms with E-state index in [1.54, 1.807) is 0 Å². The molecule has 4 nitrogen and oxygen atoms in total. The highest BCUT2D eigenvalue weighted by atomic mass is 16.4. The second-order valence-electron chi connectivity index (χ2n) is 6.97. The number of carboxylic acids is 1. The number of amides is 1. The lowest BCUT2D eigenvalue weighted by molar-refractivity contribution is -0.142. The zero-order chi connectivity index (χ0) is 13.1. The van der Waals surface area contributed by atoms with Crippen LogP contribution in [0.2, 0.25) is 0 Å². The van der Waals surface area contributed by atoms with E-state index in [1.165, 1.54) is 19.3 Å². The van der Waals surface area contributed by atoms with E-state index in [1.807, 2.05) is 4.90 Å².